The second-order valence-corrected chi connectivity index (χ2v) is 2.10. The Morgan fingerprint density at radius 1 is 1.73 bits per heavy atom. The molecule has 1 rings (SSSR count). The number of hydrogen-bond acceptors (Lipinski definition) is 4. The van der Waals surface area contributed by atoms with Gasteiger partial charge in [0.05, 0.1) is 6.54 Å². The highest BCUT2D eigenvalue weighted by molar-refractivity contribution is 6.17. The minimum Gasteiger partial charge on any atom is -0.475 e. The summed E-state index contributed by atoms with van der Waals surface area (Å²) >= 11 is 5.36. The van der Waals surface area contributed by atoms with E-state index in [1.165, 1.54) is 0 Å². The van der Waals surface area contributed by atoms with Gasteiger partial charge in [0.1, 0.15) is 0 Å². The highest BCUT2D eigenvalue weighted by atomic mass is 35.5. The van der Waals surface area contributed by atoms with Crippen molar-refractivity contribution >= 4 is 17.6 Å². The first-order valence-electron chi connectivity index (χ1n) is 2.81. The Labute approximate surface area is 66.8 Å². The zero-order valence-electron chi connectivity index (χ0n) is 5.44. The van der Waals surface area contributed by atoms with Gasteiger partial charge in [-0.2, -0.15) is 0 Å². The Morgan fingerprint density at radius 2 is 2.45 bits per heavy atom. The lowest BCUT2D eigenvalue weighted by atomic mass is 10.6. The SMILES string of the molecule is O=C(O)c1nnnn1CCCl. The van der Waals surface area contributed by atoms with Crippen LogP contribution in [0.15, 0.2) is 0 Å². The number of aryl methyl sites for hydroxylation is 1. The van der Waals surface area contributed by atoms with Gasteiger partial charge in [-0.05, 0) is 10.4 Å². The van der Waals surface area contributed by atoms with Crippen LogP contribution in [0.2, 0.25) is 0 Å². The van der Waals surface area contributed by atoms with E-state index in [1.54, 1.807) is 0 Å². The fourth-order valence-electron chi connectivity index (χ4n) is 0.588. The molecule has 1 aromatic heterocycles. The molecule has 0 atom stereocenters. The van der Waals surface area contributed by atoms with Crippen LogP contribution in [0, 0.1) is 0 Å². The zero-order chi connectivity index (χ0) is 8.27. The standard InChI is InChI=1S/C4H5ClN4O2/c5-1-2-9-3(4(10)11)6-7-8-9/h1-2H2,(H,10,11). The summed E-state index contributed by atoms with van der Waals surface area (Å²) in [6, 6.07) is 0. The van der Waals surface area contributed by atoms with Crippen molar-refractivity contribution in [3.8, 4) is 0 Å². The molecule has 1 N–H and O–H groups in total. The van der Waals surface area contributed by atoms with Crippen molar-refractivity contribution in [2.75, 3.05) is 5.88 Å². The lowest BCUT2D eigenvalue weighted by Gasteiger charge is -1.94. The van der Waals surface area contributed by atoms with Gasteiger partial charge in [0.25, 0.3) is 5.82 Å². The third kappa shape index (κ3) is 1.64. The van der Waals surface area contributed by atoms with Crippen LogP contribution in [0.3, 0.4) is 0 Å². The molecule has 0 spiro atoms. The monoisotopic (exact) mass is 176 g/mol. The number of aromatic nitrogens is 4. The zero-order valence-corrected chi connectivity index (χ0v) is 6.19. The molecule has 0 bridgehead atoms. The molecule has 7 heteroatoms. The lowest BCUT2D eigenvalue weighted by molar-refractivity contribution is 0.0676. The molecule has 0 aliphatic carbocycles. The molecule has 0 saturated carbocycles. The molecule has 0 saturated heterocycles. The van der Waals surface area contributed by atoms with Gasteiger partial charge in [-0.15, -0.1) is 16.7 Å². The number of carboxylic acids is 1. The molecule has 0 aliphatic heterocycles. The van der Waals surface area contributed by atoms with Gasteiger partial charge in [-0.3, -0.25) is 0 Å². The van der Waals surface area contributed by atoms with Crippen LogP contribution in [-0.4, -0.2) is 37.2 Å². The predicted molar refractivity (Wildman–Crippen MR) is 35.5 cm³/mol. The molecule has 0 aromatic carbocycles. The second kappa shape index (κ2) is 3.29. The number of aromatic carboxylic acids is 1. The summed E-state index contributed by atoms with van der Waals surface area (Å²) in [4.78, 5) is 10.4. The van der Waals surface area contributed by atoms with Gasteiger partial charge in [-0.25, -0.2) is 9.48 Å². The third-order valence-electron chi connectivity index (χ3n) is 1.02. The van der Waals surface area contributed by atoms with E-state index in [-0.39, 0.29) is 11.7 Å². The first-order valence-corrected chi connectivity index (χ1v) is 3.34. The number of hydrogen-bond donors (Lipinski definition) is 1. The maximum atomic E-state index is 10.4. The summed E-state index contributed by atoms with van der Waals surface area (Å²) in [6.07, 6.45) is 0. The van der Waals surface area contributed by atoms with Gasteiger partial charge < -0.3 is 5.11 Å². The summed E-state index contributed by atoms with van der Waals surface area (Å²) in [5.74, 6) is -1.06. The second-order valence-electron chi connectivity index (χ2n) is 1.72. The highest BCUT2D eigenvalue weighted by Crippen LogP contribution is 1.92. The molecule has 11 heavy (non-hydrogen) atoms. The van der Waals surface area contributed by atoms with Crippen molar-refractivity contribution < 1.29 is 9.90 Å². The van der Waals surface area contributed by atoms with Crippen LogP contribution in [0.1, 0.15) is 10.6 Å². The first-order chi connectivity index (χ1) is 5.25. The Kier molecular flexibility index (Phi) is 2.37. The van der Waals surface area contributed by atoms with Gasteiger partial charge in [-0.1, -0.05) is 0 Å². The van der Waals surface area contributed by atoms with Crippen LogP contribution in [0.5, 0.6) is 0 Å². The Morgan fingerprint density at radius 3 is 3.00 bits per heavy atom. The largest absolute Gasteiger partial charge is 0.475 e. The van der Waals surface area contributed by atoms with E-state index in [0.29, 0.717) is 6.54 Å². The quantitative estimate of drug-likeness (QED) is 0.635. The molecule has 0 amide bonds. The Balaban J connectivity index is 2.87. The maximum absolute atomic E-state index is 10.4. The van der Waals surface area contributed by atoms with Gasteiger partial charge in [0.2, 0.25) is 0 Å². The van der Waals surface area contributed by atoms with Crippen LogP contribution in [0.25, 0.3) is 0 Å². The minimum atomic E-state index is -1.15. The van der Waals surface area contributed by atoms with E-state index in [2.05, 4.69) is 15.5 Å². The molecule has 1 aromatic rings. The van der Waals surface area contributed by atoms with E-state index in [9.17, 15) is 4.79 Å². The lowest BCUT2D eigenvalue weighted by Crippen LogP contribution is -2.11. The summed E-state index contributed by atoms with van der Waals surface area (Å²) in [5.41, 5.74) is 0. The smallest absolute Gasteiger partial charge is 0.375 e. The topological polar surface area (TPSA) is 80.9 Å². The molecule has 0 unspecified atom stereocenters. The van der Waals surface area contributed by atoms with E-state index in [0.717, 1.165) is 4.68 Å². The van der Waals surface area contributed by atoms with E-state index in [1.807, 2.05) is 0 Å². The molecule has 0 fully saturated rings. The number of carbonyl (C=O) groups is 1. The molecule has 0 radical (unpaired) electrons. The molecule has 0 aliphatic rings. The molecule has 1 heterocycles. The van der Waals surface area contributed by atoms with E-state index < -0.39 is 5.97 Å². The van der Waals surface area contributed by atoms with Crippen molar-refractivity contribution in [3.05, 3.63) is 5.82 Å². The van der Waals surface area contributed by atoms with Crippen molar-refractivity contribution in [1.29, 1.82) is 0 Å². The molecule has 60 valence electrons. The van der Waals surface area contributed by atoms with Crippen LogP contribution in [-0.2, 0) is 6.54 Å². The van der Waals surface area contributed by atoms with Crippen LogP contribution < -0.4 is 0 Å². The number of rotatable bonds is 3. The highest BCUT2D eigenvalue weighted by Gasteiger charge is 2.12. The van der Waals surface area contributed by atoms with E-state index in [4.69, 9.17) is 16.7 Å². The van der Waals surface area contributed by atoms with Gasteiger partial charge in [0, 0.05) is 5.88 Å². The minimum absolute atomic E-state index is 0.189. The fourth-order valence-corrected chi connectivity index (χ4v) is 0.749. The summed E-state index contributed by atoms with van der Waals surface area (Å²) in [6.45, 7) is 0.302. The van der Waals surface area contributed by atoms with Gasteiger partial charge >= 0.3 is 5.97 Å². The Bertz CT molecular complexity index is 260. The van der Waals surface area contributed by atoms with Crippen LogP contribution in [0.4, 0.5) is 0 Å². The number of nitrogens with zero attached hydrogens (tertiary/aromatic N) is 4. The maximum Gasteiger partial charge on any atom is 0.375 e. The number of alkyl halides is 1. The number of halogens is 1. The first kappa shape index (κ1) is 7.93. The summed E-state index contributed by atoms with van der Waals surface area (Å²) < 4.78 is 1.13. The summed E-state index contributed by atoms with van der Waals surface area (Å²) in [5, 5.41) is 18.4. The average molecular weight is 177 g/mol. The number of tetrazole rings is 1. The fraction of sp³-hybridized carbons (Fsp3) is 0.500. The van der Waals surface area contributed by atoms with Gasteiger partial charge in [0.15, 0.2) is 0 Å². The Hall–Kier alpha value is -1.17. The van der Waals surface area contributed by atoms with Crippen molar-refractivity contribution in [2.45, 2.75) is 6.54 Å². The van der Waals surface area contributed by atoms with Crippen molar-refractivity contribution in [2.24, 2.45) is 0 Å². The molecule has 6 nitrogen and oxygen atoms in total. The summed E-state index contributed by atoms with van der Waals surface area (Å²) in [7, 11) is 0. The number of carboxylic acid groups (broad SMARTS) is 1. The van der Waals surface area contributed by atoms with Crippen molar-refractivity contribution in [3.63, 3.8) is 0 Å². The third-order valence-corrected chi connectivity index (χ3v) is 1.19. The van der Waals surface area contributed by atoms with Crippen LogP contribution >= 0.6 is 11.6 Å². The predicted octanol–water partition coefficient (Wildman–Crippen LogP) is -0.390. The average Bonchev–Trinajstić information content (AvgIpc) is 2.36. The van der Waals surface area contributed by atoms with Crippen molar-refractivity contribution in [1.82, 2.24) is 20.2 Å². The molecular formula is C4H5ClN4O2. The molecular weight excluding hydrogens is 172 g/mol. The normalized spacial score (nSPS) is 9.91. The van der Waals surface area contributed by atoms with E-state index >= 15 is 0 Å².